The van der Waals surface area contributed by atoms with Gasteiger partial charge in [-0.15, -0.1) is 0 Å². The van der Waals surface area contributed by atoms with Gasteiger partial charge >= 0.3 is 10.1 Å². The Labute approximate surface area is 201 Å². The summed E-state index contributed by atoms with van der Waals surface area (Å²) in [5.74, 6) is 0.911. The van der Waals surface area contributed by atoms with E-state index in [1.165, 1.54) is 16.7 Å². The molecule has 0 aromatic heterocycles. The van der Waals surface area contributed by atoms with Gasteiger partial charge in [0.1, 0.15) is 5.75 Å². The van der Waals surface area contributed by atoms with Gasteiger partial charge in [0.25, 0.3) is 0 Å². The van der Waals surface area contributed by atoms with E-state index in [0.29, 0.717) is 11.7 Å². The third-order valence-corrected chi connectivity index (χ3v) is 8.34. The Morgan fingerprint density at radius 2 is 1.48 bits per heavy atom. The number of rotatable bonds is 11. The van der Waals surface area contributed by atoms with Gasteiger partial charge in [0, 0.05) is 5.41 Å². The third-order valence-electron chi connectivity index (χ3n) is 7.85. The molecular weight excluding hydrogens is 432 g/mol. The van der Waals surface area contributed by atoms with Gasteiger partial charge in [0.2, 0.25) is 0 Å². The fourth-order valence-electron chi connectivity index (χ4n) is 4.92. The molecule has 0 fully saturated rings. The van der Waals surface area contributed by atoms with E-state index in [4.69, 9.17) is 4.18 Å². The Morgan fingerprint density at radius 3 is 1.94 bits per heavy atom. The average Bonchev–Trinajstić information content (AvgIpc) is 2.76. The Kier molecular flexibility index (Phi) is 8.80. The van der Waals surface area contributed by atoms with Crippen LogP contribution in [0.15, 0.2) is 42.5 Å². The molecule has 2 rings (SSSR count). The minimum Gasteiger partial charge on any atom is -0.390 e. The second-order valence-electron chi connectivity index (χ2n) is 9.92. The lowest BCUT2D eigenvalue weighted by Gasteiger charge is -2.35. The second kappa shape index (κ2) is 10.6. The Bertz CT molecular complexity index is 1020. The van der Waals surface area contributed by atoms with Crippen LogP contribution in [0.4, 0.5) is 0 Å². The van der Waals surface area contributed by atoms with Crippen LogP contribution in [-0.2, 0) is 22.0 Å². The quantitative estimate of drug-likeness (QED) is 0.382. The zero-order valence-electron chi connectivity index (χ0n) is 21.6. The highest BCUT2D eigenvalue weighted by atomic mass is 32.2. The Hall–Kier alpha value is -1.85. The predicted molar refractivity (Wildman–Crippen MR) is 137 cm³/mol. The molecule has 3 atom stereocenters. The summed E-state index contributed by atoms with van der Waals surface area (Å²) in [6.07, 6.45) is 4.60. The first-order valence-corrected chi connectivity index (χ1v) is 13.9. The highest BCUT2D eigenvalue weighted by Crippen LogP contribution is 2.40. The molecular formula is C28H42O4S. The van der Waals surface area contributed by atoms with E-state index in [1.54, 1.807) is 12.1 Å². The van der Waals surface area contributed by atoms with E-state index in [-0.39, 0.29) is 11.3 Å². The molecule has 4 nitrogen and oxygen atoms in total. The van der Waals surface area contributed by atoms with Gasteiger partial charge in [0.15, 0.2) is 0 Å². The summed E-state index contributed by atoms with van der Waals surface area (Å²) in [5, 5.41) is 10.7. The van der Waals surface area contributed by atoms with E-state index in [9.17, 15) is 13.5 Å². The number of hydrogen-bond acceptors (Lipinski definition) is 4. The molecule has 0 saturated heterocycles. The van der Waals surface area contributed by atoms with E-state index < -0.39 is 15.7 Å². The van der Waals surface area contributed by atoms with Crippen LogP contribution in [0.3, 0.4) is 0 Å². The first-order valence-electron chi connectivity index (χ1n) is 12.1. The van der Waals surface area contributed by atoms with Gasteiger partial charge in [-0.2, -0.15) is 8.42 Å². The van der Waals surface area contributed by atoms with Crippen LogP contribution in [0.2, 0.25) is 0 Å². The van der Waals surface area contributed by atoms with E-state index in [1.807, 2.05) is 26.0 Å². The van der Waals surface area contributed by atoms with Crippen molar-refractivity contribution in [3.05, 3.63) is 64.7 Å². The molecule has 0 aliphatic rings. The van der Waals surface area contributed by atoms with Crippen molar-refractivity contribution in [1.29, 1.82) is 0 Å². The van der Waals surface area contributed by atoms with E-state index in [2.05, 4.69) is 52.8 Å². The van der Waals surface area contributed by atoms with Crippen LogP contribution in [0, 0.1) is 18.8 Å². The van der Waals surface area contributed by atoms with Gasteiger partial charge in [-0.25, -0.2) is 0 Å². The molecule has 0 bridgehead atoms. The molecule has 184 valence electrons. The highest BCUT2D eigenvalue weighted by molar-refractivity contribution is 7.86. The van der Waals surface area contributed by atoms with Crippen molar-refractivity contribution < 1.29 is 17.7 Å². The summed E-state index contributed by atoms with van der Waals surface area (Å²) < 4.78 is 27.9. The molecule has 1 N–H and O–H groups in total. The largest absolute Gasteiger partial charge is 0.390 e. The summed E-state index contributed by atoms with van der Waals surface area (Å²) >= 11 is 0. The van der Waals surface area contributed by atoms with Crippen LogP contribution in [0.25, 0.3) is 0 Å². The first-order chi connectivity index (χ1) is 15.3. The topological polar surface area (TPSA) is 63.6 Å². The van der Waals surface area contributed by atoms with Gasteiger partial charge < -0.3 is 9.29 Å². The molecule has 2 aromatic rings. The Morgan fingerprint density at radius 1 is 0.939 bits per heavy atom. The van der Waals surface area contributed by atoms with Gasteiger partial charge in [-0.05, 0) is 85.8 Å². The molecule has 33 heavy (non-hydrogen) atoms. The Balaban J connectivity index is 2.35. The molecule has 0 heterocycles. The van der Waals surface area contributed by atoms with Crippen LogP contribution < -0.4 is 4.18 Å². The molecule has 0 saturated carbocycles. The lowest BCUT2D eigenvalue weighted by Crippen LogP contribution is -2.36. The summed E-state index contributed by atoms with van der Waals surface area (Å²) in [4.78, 5) is 0. The highest BCUT2D eigenvalue weighted by Gasteiger charge is 2.32. The fraction of sp³-hybridized carbons (Fsp3) is 0.571. The standard InChI is InChI=1S/C28H42O4S/c1-9-27(7,29)22(6)20(4)18-23-12-13-25(19-21(23)5)28(10-2,11-3)24-14-16-26(17-15-24)32-33(8,30)31/h12-17,19-20,22,29H,9-11,18H2,1-8H3. The predicted octanol–water partition coefficient (Wildman–Crippen LogP) is 6.42. The molecule has 0 radical (unpaired) electrons. The minimum atomic E-state index is -3.54. The van der Waals surface area contributed by atoms with Crippen molar-refractivity contribution >= 4 is 10.1 Å². The summed E-state index contributed by atoms with van der Waals surface area (Å²) in [5.41, 5.74) is 4.21. The van der Waals surface area contributed by atoms with Crippen molar-refractivity contribution in [2.24, 2.45) is 11.8 Å². The van der Waals surface area contributed by atoms with Crippen LogP contribution in [0.5, 0.6) is 5.75 Å². The number of benzene rings is 2. The zero-order valence-corrected chi connectivity index (χ0v) is 22.4. The van der Waals surface area contributed by atoms with Crippen LogP contribution >= 0.6 is 0 Å². The molecule has 0 amide bonds. The smallest absolute Gasteiger partial charge is 0.306 e. The normalized spacial score (nSPS) is 16.2. The lowest BCUT2D eigenvalue weighted by molar-refractivity contribution is -0.0185. The van der Waals surface area contributed by atoms with E-state index in [0.717, 1.165) is 37.5 Å². The summed E-state index contributed by atoms with van der Waals surface area (Å²) in [6, 6.07) is 14.2. The number of aryl methyl sites for hydroxylation is 1. The van der Waals surface area contributed by atoms with Crippen molar-refractivity contribution in [2.75, 3.05) is 6.26 Å². The molecule has 0 aliphatic carbocycles. The molecule has 3 unspecified atom stereocenters. The van der Waals surface area contributed by atoms with Crippen LogP contribution in [0.1, 0.15) is 83.1 Å². The minimum absolute atomic E-state index is 0.155. The van der Waals surface area contributed by atoms with Gasteiger partial charge in [0.05, 0.1) is 11.9 Å². The van der Waals surface area contributed by atoms with E-state index >= 15 is 0 Å². The third kappa shape index (κ3) is 6.39. The summed E-state index contributed by atoms with van der Waals surface area (Å²) in [6.45, 7) is 14.9. The maximum atomic E-state index is 11.4. The first kappa shape index (κ1) is 27.4. The fourth-order valence-corrected chi connectivity index (χ4v) is 5.38. The monoisotopic (exact) mass is 474 g/mol. The maximum absolute atomic E-state index is 11.4. The number of hydrogen-bond donors (Lipinski definition) is 1. The van der Waals surface area contributed by atoms with Crippen molar-refractivity contribution in [3.63, 3.8) is 0 Å². The van der Waals surface area contributed by atoms with Crippen molar-refractivity contribution in [1.82, 2.24) is 0 Å². The SMILES string of the molecule is CCC(CC)(c1ccc(OS(C)(=O)=O)cc1)c1ccc(CC(C)C(C)C(C)(O)CC)c(C)c1. The summed E-state index contributed by atoms with van der Waals surface area (Å²) in [7, 11) is -3.54. The molecule has 2 aromatic carbocycles. The molecule has 5 heteroatoms. The van der Waals surface area contributed by atoms with Crippen molar-refractivity contribution in [3.8, 4) is 5.75 Å². The van der Waals surface area contributed by atoms with Gasteiger partial charge in [-0.3, -0.25) is 0 Å². The second-order valence-corrected chi connectivity index (χ2v) is 11.5. The molecule has 0 aliphatic heterocycles. The number of aliphatic hydroxyl groups is 1. The van der Waals surface area contributed by atoms with Crippen molar-refractivity contribution in [2.45, 2.75) is 85.2 Å². The lowest BCUT2D eigenvalue weighted by atomic mass is 9.70. The van der Waals surface area contributed by atoms with Crippen LogP contribution in [-0.4, -0.2) is 25.4 Å². The van der Waals surface area contributed by atoms with Gasteiger partial charge in [-0.1, -0.05) is 65.0 Å². The maximum Gasteiger partial charge on any atom is 0.306 e. The average molecular weight is 475 g/mol. The zero-order chi connectivity index (χ0) is 25.0. The molecule has 0 spiro atoms.